The average molecular weight is 229 g/mol. The molecule has 0 saturated heterocycles. The zero-order valence-electron chi connectivity index (χ0n) is 10.4. The maximum absolute atomic E-state index is 6.18. The van der Waals surface area contributed by atoms with Gasteiger partial charge in [-0.15, -0.1) is 0 Å². The average Bonchev–Trinajstić information content (AvgIpc) is 2.68. The summed E-state index contributed by atoms with van der Waals surface area (Å²) >= 11 is 0. The molecule has 0 amide bonds. The lowest BCUT2D eigenvalue weighted by Crippen LogP contribution is -2.27. The van der Waals surface area contributed by atoms with Crippen molar-refractivity contribution in [1.82, 2.24) is 9.55 Å². The molecule has 0 fully saturated rings. The minimum Gasteiger partial charge on any atom is -0.338 e. The van der Waals surface area contributed by atoms with Crippen LogP contribution >= 0.6 is 0 Å². The van der Waals surface area contributed by atoms with Gasteiger partial charge in [-0.3, -0.25) is 0 Å². The monoisotopic (exact) mass is 229 g/mol. The summed E-state index contributed by atoms with van der Waals surface area (Å²) in [5, 5.41) is 0. The number of aromatic nitrogens is 2. The number of benzene rings is 1. The zero-order valence-corrected chi connectivity index (χ0v) is 10.4. The maximum atomic E-state index is 6.18. The van der Waals surface area contributed by atoms with Gasteiger partial charge in [0.25, 0.3) is 0 Å². The van der Waals surface area contributed by atoms with E-state index in [9.17, 15) is 0 Å². The molecule has 0 saturated carbocycles. The lowest BCUT2D eigenvalue weighted by Gasteiger charge is -2.13. The Balaban J connectivity index is 2.01. The third-order valence-electron chi connectivity index (χ3n) is 3.11. The van der Waals surface area contributed by atoms with E-state index >= 15 is 0 Å². The number of hydrogen-bond acceptors (Lipinski definition) is 2. The van der Waals surface area contributed by atoms with Gasteiger partial charge in [0, 0.05) is 31.9 Å². The van der Waals surface area contributed by atoms with Crippen molar-refractivity contribution >= 4 is 0 Å². The highest BCUT2D eigenvalue weighted by Crippen LogP contribution is 2.10. The van der Waals surface area contributed by atoms with Crippen LogP contribution in [0.1, 0.15) is 17.0 Å². The summed E-state index contributed by atoms with van der Waals surface area (Å²) in [7, 11) is 2.00. The summed E-state index contributed by atoms with van der Waals surface area (Å²) in [6.07, 6.45) is 5.49. The van der Waals surface area contributed by atoms with Gasteiger partial charge in [0.05, 0.1) is 0 Å². The summed E-state index contributed by atoms with van der Waals surface area (Å²) < 4.78 is 2.03. The molecule has 0 aliphatic rings. The molecule has 1 atom stereocenters. The summed E-state index contributed by atoms with van der Waals surface area (Å²) in [6.45, 7) is 2.13. The lowest BCUT2D eigenvalue weighted by molar-refractivity contribution is 0.621. The van der Waals surface area contributed by atoms with Gasteiger partial charge in [0.1, 0.15) is 5.82 Å². The Morgan fingerprint density at radius 2 is 2.06 bits per heavy atom. The molecule has 1 aromatic heterocycles. The summed E-state index contributed by atoms with van der Waals surface area (Å²) in [5.74, 6) is 1.05. The Morgan fingerprint density at radius 3 is 2.71 bits per heavy atom. The highest BCUT2D eigenvalue weighted by molar-refractivity contribution is 5.26. The molecule has 0 spiro atoms. The van der Waals surface area contributed by atoms with E-state index in [0.717, 1.165) is 18.7 Å². The van der Waals surface area contributed by atoms with Gasteiger partial charge in [0.15, 0.2) is 0 Å². The Hall–Kier alpha value is -1.61. The van der Waals surface area contributed by atoms with Gasteiger partial charge >= 0.3 is 0 Å². The van der Waals surface area contributed by atoms with Crippen molar-refractivity contribution in [2.24, 2.45) is 12.8 Å². The van der Waals surface area contributed by atoms with E-state index in [1.165, 1.54) is 11.1 Å². The maximum Gasteiger partial charge on any atom is 0.109 e. The van der Waals surface area contributed by atoms with Crippen molar-refractivity contribution in [1.29, 1.82) is 0 Å². The second-order valence-electron chi connectivity index (χ2n) is 4.55. The van der Waals surface area contributed by atoms with Gasteiger partial charge in [-0.2, -0.15) is 0 Å². The van der Waals surface area contributed by atoms with Crippen molar-refractivity contribution in [2.45, 2.75) is 25.8 Å². The predicted molar refractivity (Wildman–Crippen MR) is 69.8 cm³/mol. The van der Waals surface area contributed by atoms with Crippen LogP contribution < -0.4 is 5.73 Å². The Kier molecular flexibility index (Phi) is 3.59. The highest BCUT2D eigenvalue weighted by Gasteiger charge is 2.09. The first-order valence-electron chi connectivity index (χ1n) is 5.93. The number of imidazole rings is 1. The minimum absolute atomic E-state index is 0.122. The van der Waals surface area contributed by atoms with Gasteiger partial charge in [0.2, 0.25) is 0 Å². The molecule has 3 nitrogen and oxygen atoms in total. The van der Waals surface area contributed by atoms with Crippen LogP contribution in [0.15, 0.2) is 36.7 Å². The molecular formula is C14H19N3. The normalized spacial score (nSPS) is 12.6. The number of nitrogens with zero attached hydrogens (tertiary/aromatic N) is 2. The number of nitrogens with two attached hydrogens (primary N) is 1. The van der Waals surface area contributed by atoms with Crippen LogP contribution in [-0.4, -0.2) is 15.6 Å². The van der Waals surface area contributed by atoms with Crippen molar-refractivity contribution in [3.8, 4) is 0 Å². The molecule has 2 rings (SSSR count). The first kappa shape index (κ1) is 11.9. The Bertz CT molecular complexity index is 488. The van der Waals surface area contributed by atoms with Crippen LogP contribution in [0.3, 0.4) is 0 Å². The third-order valence-corrected chi connectivity index (χ3v) is 3.11. The Morgan fingerprint density at radius 1 is 1.29 bits per heavy atom. The third kappa shape index (κ3) is 2.94. The van der Waals surface area contributed by atoms with E-state index in [4.69, 9.17) is 5.73 Å². The van der Waals surface area contributed by atoms with Crippen LogP contribution in [0.4, 0.5) is 0 Å². The fourth-order valence-corrected chi connectivity index (χ4v) is 2.02. The molecule has 0 bridgehead atoms. The first-order chi connectivity index (χ1) is 8.16. The second kappa shape index (κ2) is 5.15. The van der Waals surface area contributed by atoms with E-state index in [-0.39, 0.29) is 6.04 Å². The molecule has 17 heavy (non-hydrogen) atoms. The smallest absolute Gasteiger partial charge is 0.109 e. The lowest BCUT2D eigenvalue weighted by atomic mass is 10.00. The topological polar surface area (TPSA) is 43.8 Å². The number of hydrogen-bond donors (Lipinski definition) is 1. The van der Waals surface area contributed by atoms with Gasteiger partial charge in [-0.25, -0.2) is 4.98 Å². The van der Waals surface area contributed by atoms with Crippen molar-refractivity contribution in [3.63, 3.8) is 0 Å². The van der Waals surface area contributed by atoms with Gasteiger partial charge in [-0.1, -0.05) is 24.3 Å². The zero-order chi connectivity index (χ0) is 12.3. The first-order valence-corrected chi connectivity index (χ1v) is 5.93. The van der Waals surface area contributed by atoms with Crippen molar-refractivity contribution in [2.75, 3.05) is 0 Å². The molecule has 1 unspecified atom stereocenters. The minimum atomic E-state index is 0.122. The molecule has 0 aliphatic heterocycles. The van der Waals surface area contributed by atoms with E-state index in [1.807, 2.05) is 24.0 Å². The fraction of sp³-hybridized carbons (Fsp3) is 0.357. The fourth-order valence-electron chi connectivity index (χ4n) is 2.02. The van der Waals surface area contributed by atoms with Crippen LogP contribution in [0.25, 0.3) is 0 Å². The molecule has 90 valence electrons. The van der Waals surface area contributed by atoms with Crippen molar-refractivity contribution < 1.29 is 0 Å². The van der Waals surface area contributed by atoms with Crippen molar-refractivity contribution in [3.05, 3.63) is 53.6 Å². The van der Waals surface area contributed by atoms with E-state index in [1.54, 1.807) is 0 Å². The van der Waals surface area contributed by atoms with Crippen LogP contribution in [0.5, 0.6) is 0 Å². The molecule has 2 N–H and O–H groups in total. The quantitative estimate of drug-likeness (QED) is 0.869. The van der Waals surface area contributed by atoms with Crippen LogP contribution in [0.2, 0.25) is 0 Å². The van der Waals surface area contributed by atoms with Crippen LogP contribution in [0, 0.1) is 6.92 Å². The largest absolute Gasteiger partial charge is 0.338 e. The summed E-state index contributed by atoms with van der Waals surface area (Å²) in [4.78, 5) is 4.30. The number of rotatable bonds is 4. The van der Waals surface area contributed by atoms with E-state index < -0.39 is 0 Å². The standard InChI is InChI=1S/C14H19N3/c1-11-5-3-4-6-12(11)9-13(15)10-14-16-7-8-17(14)2/h3-8,13H,9-10,15H2,1-2H3. The SMILES string of the molecule is Cc1ccccc1CC(N)Cc1nccn1C. The molecule has 1 heterocycles. The molecule has 1 aromatic carbocycles. The molecule has 3 heteroatoms. The highest BCUT2D eigenvalue weighted by atomic mass is 15.0. The second-order valence-corrected chi connectivity index (χ2v) is 4.55. The predicted octanol–water partition coefficient (Wildman–Crippen LogP) is 1.84. The van der Waals surface area contributed by atoms with Crippen LogP contribution in [-0.2, 0) is 19.9 Å². The number of aryl methyl sites for hydroxylation is 2. The Labute approximate surface area is 102 Å². The van der Waals surface area contributed by atoms with Gasteiger partial charge < -0.3 is 10.3 Å². The molecular weight excluding hydrogens is 210 g/mol. The molecule has 2 aromatic rings. The summed E-state index contributed by atoms with van der Waals surface area (Å²) in [6, 6.07) is 8.52. The molecule has 0 aliphatic carbocycles. The molecule has 0 radical (unpaired) electrons. The van der Waals surface area contributed by atoms with E-state index in [2.05, 4.69) is 36.2 Å². The van der Waals surface area contributed by atoms with E-state index in [0.29, 0.717) is 0 Å². The van der Waals surface area contributed by atoms with Gasteiger partial charge in [-0.05, 0) is 24.5 Å². The summed E-state index contributed by atoms with van der Waals surface area (Å²) in [5.41, 5.74) is 8.82.